The predicted molar refractivity (Wildman–Crippen MR) is 128 cm³/mol. The van der Waals surface area contributed by atoms with Crippen molar-refractivity contribution >= 4 is 22.7 Å². The lowest BCUT2D eigenvalue weighted by atomic mass is 9.90. The first kappa shape index (κ1) is 21.2. The molecule has 0 saturated heterocycles. The van der Waals surface area contributed by atoms with Crippen LogP contribution in [0.5, 0.6) is 5.75 Å². The van der Waals surface area contributed by atoms with Gasteiger partial charge in [-0.3, -0.25) is 4.79 Å². The molecule has 5 rings (SSSR count). The molecule has 1 amide bonds. The van der Waals surface area contributed by atoms with Crippen LogP contribution < -0.4 is 10.2 Å². The molecule has 0 radical (unpaired) electrons. The van der Waals surface area contributed by atoms with Gasteiger partial charge in [0, 0.05) is 37.1 Å². The van der Waals surface area contributed by atoms with Gasteiger partial charge < -0.3 is 14.1 Å². The number of ether oxygens (including phenoxy) is 1. The van der Waals surface area contributed by atoms with Crippen molar-refractivity contribution in [3.63, 3.8) is 0 Å². The number of nitrogens with one attached hydrogen (secondary N) is 1. The summed E-state index contributed by atoms with van der Waals surface area (Å²) >= 11 is 0. The van der Waals surface area contributed by atoms with Crippen molar-refractivity contribution in [3.8, 4) is 17.2 Å². The molecule has 0 spiro atoms. The van der Waals surface area contributed by atoms with Crippen LogP contribution in [-0.2, 0) is 4.79 Å². The topological polar surface area (TPSA) is 80.0 Å². The molecule has 3 aromatic rings. The number of carbonyl (C=O) groups is 1. The van der Waals surface area contributed by atoms with E-state index in [0.29, 0.717) is 17.9 Å². The van der Waals surface area contributed by atoms with Gasteiger partial charge in [-0.25, -0.2) is 10.4 Å². The molecule has 1 unspecified atom stereocenters. The number of benzene rings is 2. The van der Waals surface area contributed by atoms with E-state index in [2.05, 4.69) is 40.5 Å². The molecule has 170 valence electrons. The number of hydrazone groups is 1. The average molecular weight is 445 g/mol. The Balaban J connectivity index is 1.37. The summed E-state index contributed by atoms with van der Waals surface area (Å²) in [5.41, 5.74) is 6.80. The third kappa shape index (κ3) is 4.49. The van der Waals surface area contributed by atoms with E-state index in [4.69, 9.17) is 9.15 Å². The van der Waals surface area contributed by atoms with Crippen molar-refractivity contribution in [2.24, 2.45) is 11.0 Å². The Hall–Kier alpha value is -3.61. The molecule has 7 nitrogen and oxygen atoms in total. The second kappa shape index (κ2) is 9.10. The largest absolute Gasteiger partial charge is 0.442 e. The molecule has 3 heterocycles. The first-order valence-corrected chi connectivity index (χ1v) is 11.6. The molecule has 7 heteroatoms. The zero-order valence-electron chi connectivity index (χ0n) is 19.0. The average Bonchev–Trinajstić information content (AvgIpc) is 3.16. The number of nitrogens with zero attached hydrogens (tertiary/aromatic N) is 3. The molecule has 1 atom stereocenters. The van der Waals surface area contributed by atoms with Gasteiger partial charge in [-0.1, -0.05) is 13.0 Å². The number of rotatable bonds is 5. The molecule has 0 fully saturated rings. The Morgan fingerprint density at radius 1 is 1.15 bits per heavy atom. The minimum Gasteiger partial charge on any atom is -0.442 e. The van der Waals surface area contributed by atoms with Gasteiger partial charge >= 0.3 is 0 Å². The number of hydrogen-bond acceptors (Lipinski definition) is 6. The summed E-state index contributed by atoms with van der Waals surface area (Å²) in [6.07, 6.45) is 6.88. The van der Waals surface area contributed by atoms with Crippen molar-refractivity contribution in [2.45, 2.75) is 39.0 Å². The maximum Gasteiger partial charge on any atom is 0.240 e. The number of carbonyl (C=O) groups excluding carboxylic acids is 1. The Morgan fingerprint density at radius 3 is 2.79 bits per heavy atom. The van der Waals surface area contributed by atoms with Gasteiger partial charge in [0.15, 0.2) is 11.5 Å². The SMILES string of the molecule is CCC1CC(=O)NN=C1c1ccc2nc(-c3ccc(OC4=CCCCCN4C)cc3)oc2c1. The summed E-state index contributed by atoms with van der Waals surface area (Å²) in [6.45, 7) is 3.08. The van der Waals surface area contributed by atoms with Crippen LogP contribution in [0.4, 0.5) is 0 Å². The number of amides is 1. The molecule has 2 aliphatic rings. The normalized spacial score (nSPS) is 19.0. The van der Waals surface area contributed by atoms with Gasteiger partial charge in [-0.2, -0.15) is 5.10 Å². The number of hydrogen-bond donors (Lipinski definition) is 1. The maximum absolute atomic E-state index is 11.7. The number of allylic oxidation sites excluding steroid dienone is 1. The van der Waals surface area contributed by atoms with E-state index < -0.39 is 0 Å². The summed E-state index contributed by atoms with van der Waals surface area (Å²) in [6, 6.07) is 13.7. The molecule has 0 saturated carbocycles. The van der Waals surface area contributed by atoms with Crippen molar-refractivity contribution in [3.05, 3.63) is 60.0 Å². The molecular weight excluding hydrogens is 416 g/mol. The number of aromatic nitrogens is 1. The molecule has 2 aliphatic heterocycles. The third-order valence-corrected chi connectivity index (χ3v) is 6.26. The fourth-order valence-corrected chi connectivity index (χ4v) is 4.32. The summed E-state index contributed by atoms with van der Waals surface area (Å²) in [5.74, 6) is 2.32. The van der Waals surface area contributed by atoms with Crippen LogP contribution in [0.2, 0.25) is 0 Å². The van der Waals surface area contributed by atoms with Crippen molar-refractivity contribution in [2.75, 3.05) is 13.6 Å². The van der Waals surface area contributed by atoms with Crippen molar-refractivity contribution < 1.29 is 13.9 Å². The quantitative estimate of drug-likeness (QED) is 0.594. The monoisotopic (exact) mass is 444 g/mol. The molecule has 2 aromatic carbocycles. The van der Waals surface area contributed by atoms with Crippen LogP contribution in [0.3, 0.4) is 0 Å². The lowest BCUT2D eigenvalue weighted by Crippen LogP contribution is -2.33. The Bertz CT molecular complexity index is 1230. The zero-order chi connectivity index (χ0) is 22.8. The van der Waals surface area contributed by atoms with Crippen molar-refractivity contribution in [1.29, 1.82) is 0 Å². The van der Waals surface area contributed by atoms with Crippen LogP contribution in [0, 0.1) is 5.92 Å². The summed E-state index contributed by atoms with van der Waals surface area (Å²) < 4.78 is 12.2. The van der Waals surface area contributed by atoms with Crippen LogP contribution >= 0.6 is 0 Å². The predicted octanol–water partition coefficient (Wildman–Crippen LogP) is 5.08. The van der Waals surface area contributed by atoms with Crippen LogP contribution in [-0.4, -0.2) is 35.1 Å². The summed E-state index contributed by atoms with van der Waals surface area (Å²) in [7, 11) is 2.06. The molecule has 0 aliphatic carbocycles. The van der Waals surface area contributed by atoms with Gasteiger partial charge in [0.25, 0.3) is 0 Å². The second-order valence-corrected chi connectivity index (χ2v) is 8.63. The van der Waals surface area contributed by atoms with E-state index in [1.165, 1.54) is 12.8 Å². The number of oxazole rings is 1. The Morgan fingerprint density at radius 2 is 1.97 bits per heavy atom. The van der Waals surface area contributed by atoms with Crippen LogP contribution in [0.1, 0.15) is 44.6 Å². The molecule has 0 bridgehead atoms. The van der Waals surface area contributed by atoms with Gasteiger partial charge in [-0.05, 0) is 68.2 Å². The lowest BCUT2D eigenvalue weighted by molar-refractivity contribution is -0.122. The Kier molecular flexibility index (Phi) is 5.86. The minimum absolute atomic E-state index is 0.0389. The fourth-order valence-electron chi connectivity index (χ4n) is 4.32. The third-order valence-electron chi connectivity index (χ3n) is 6.26. The van der Waals surface area contributed by atoms with E-state index >= 15 is 0 Å². The van der Waals surface area contributed by atoms with E-state index in [0.717, 1.165) is 53.4 Å². The first-order valence-electron chi connectivity index (χ1n) is 11.6. The van der Waals surface area contributed by atoms with E-state index in [9.17, 15) is 4.79 Å². The van der Waals surface area contributed by atoms with E-state index in [-0.39, 0.29) is 11.8 Å². The minimum atomic E-state index is -0.0389. The molecule has 1 aromatic heterocycles. The maximum atomic E-state index is 11.7. The molecular formula is C26H28N4O3. The van der Waals surface area contributed by atoms with Gasteiger partial charge in [-0.15, -0.1) is 0 Å². The molecule has 1 N–H and O–H groups in total. The zero-order valence-corrected chi connectivity index (χ0v) is 19.0. The second-order valence-electron chi connectivity index (χ2n) is 8.63. The van der Waals surface area contributed by atoms with Crippen molar-refractivity contribution in [1.82, 2.24) is 15.3 Å². The summed E-state index contributed by atoms with van der Waals surface area (Å²) in [4.78, 5) is 18.5. The lowest BCUT2D eigenvalue weighted by Gasteiger charge is -2.21. The van der Waals surface area contributed by atoms with E-state index in [1.54, 1.807) is 0 Å². The van der Waals surface area contributed by atoms with Crippen LogP contribution in [0.15, 0.2) is 63.9 Å². The highest BCUT2D eigenvalue weighted by atomic mass is 16.5. The fraction of sp³-hybridized carbons (Fsp3) is 0.346. The number of fused-ring (bicyclic) bond motifs is 1. The van der Waals surface area contributed by atoms with E-state index in [1.807, 2.05) is 42.5 Å². The first-order chi connectivity index (χ1) is 16.1. The standard InChI is InChI=1S/C26H28N4O3/c1-3-17-16-23(31)28-29-25(17)19-10-13-21-22(15-19)33-26(27-21)18-8-11-20(12-9-18)32-24-7-5-4-6-14-30(24)2/h7-13,15,17H,3-6,14,16H2,1-2H3,(H,28,31). The highest BCUT2D eigenvalue weighted by molar-refractivity contribution is 6.07. The highest BCUT2D eigenvalue weighted by Crippen LogP contribution is 2.29. The smallest absolute Gasteiger partial charge is 0.240 e. The van der Waals surface area contributed by atoms with Gasteiger partial charge in [0.05, 0.1) is 5.71 Å². The summed E-state index contributed by atoms with van der Waals surface area (Å²) in [5, 5.41) is 4.31. The van der Waals surface area contributed by atoms with Crippen LogP contribution in [0.25, 0.3) is 22.6 Å². The highest BCUT2D eigenvalue weighted by Gasteiger charge is 2.24. The molecule has 33 heavy (non-hydrogen) atoms. The van der Waals surface area contributed by atoms with Gasteiger partial charge in [0.1, 0.15) is 11.3 Å². The van der Waals surface area contributed by atoms with Gasteiger partial charge in [0.2, 0.25) is 11.8 Å². The Labute approximate surface area is 193 Å².